The largest absolute Gasteiger partial charge is 0.490 e. The first-order chi connectivity index (χ1) is 39.4. The normalized spacial score (nSPS) is 13.6. The summed E-state index contributed by atoms with van der Waals surface area (Å²) >= 11 is 0. The van der Waals surface area contributed by atoms with E-state index in [1.165, 1.54) is 24.0 Å². The van der Waals surface area contributed by atoms with Gasteiger partial charge in [-0.05, 0) is 73.1 Å². The highest BCUT2D eigenvalue weighted by Gasteiger charge is 2.40. The number of carboxylic acids is 1. The number of alkyl halides is 3. The monoisotopic (exact) mass is 1180 g/mol. The van der Waals surface area contributed by atoms with Crippen molar-refractivity contribution in [1.82, 2.24) is 40.6 Å². The Kier molecular flexibility index (Phi) is 24.7. The number of nitrogens with two attached hydrogens (primary N) is 3. The fourth-order valence-corrected chi connectivity index (χ4v) is 8.63. The van der Waals surface area contributed by atoms with Gasteiger partial charge >= 0.3 is 18.2 Å². The summed E-state index contributed by atoms with van der Waals surface area (Å²) in [5.74, 6) is -8.97. The molecule has 1 aliphatic rings. The van der Waals surface area contributed by atoms with E-state index in [4.69, 9.17) is 32.1 Å². The number of aliphatic carboxylic acids is 1. The van der Waals surface area contributed by atoms with Crippen LogP contribution >= 0.6 is 0 Å². The number of halogens is 5. The van der Waals surface area contributed by atoms with E-state index in [1.54, 1.807) is 22.9 Å². The van der Waals surface area contributed by atoms with Crippen LogP contribution in [-0.4, -0.2) is 152 Å². The summed E-state index contributed by atoms with van der Waals surface area (Å²) in [5.41, 5.74) is 18.1. The molecule has 1 aromatic heterocycles. The predicted molar refractivity (Wildman–Crippen MR) is 292 cm³/mol. The average Bonchev–Trinajstić information content (AvgIpc) is 3.79. The zero-order valence-electron chi connectivity index (χ0n) is 46.3. The molecule has 1 aliphatic heterocycles. The number of urea groups is 1. The second-order valence-electron chi connectivity index (χ2n) is 20.2. The number of hydrogen-bond donors (Lipinski definition) is 9. The van der Waals surface area contributed by atoms with E-state index in [9.17, 15) is 65.8 Å². The van der Waals surface area contributed by atoms with E-state index >= 15 is 4.39 Å². The Balaban J connectivity index is 0.00000203. The number of aliphatic hydroxyl groups is 1. The van der Waals surface area contributed by atoms with Gasteiger partial charge in [-0.1, -0.05) is 63.2 Å². The molecular formula is C55H67F5N12O12. The number of carboxylic acid groups (broad SMARTS) is 1. The number of benzene rings is 3. The molecule has 0 unspecified atom stereocenters. The SMILES string of the molecule is C[C@H](NC(=O)CCNC(=O)[C@@H](N)CCN(C(=O)CO)[C@@H](c1nc(-c2cc(F)ccc2F)cn1Cc1ccccc1)C(C)(C)C)C(=O)N(c1ccc(CC(=O)NCCN2C(=O)C=CC2=O)cc1)[C@@H](CCCNC(N)=O)C(N)=O.O=C(O)C(F)(F)F. The summed E-state index contributed by atoms with van der Waals surface area (Å²) in [6.45, 7) is 5.86. The molecule has 0 saturated carbocycles. The highest BCUT2D eigenvalue weighted by molar-refractivity contribution is 6.13. The van der Waals surface area contributed by atoms with Crippen molar-refractivity contribution in [1.29, 1.82) is 0 Å². The molecule has 3 aromatic carbocycles. The number of hydrogen-bond acceptors (Lipinski definition) is 13. The Hall–Kier alpha value is -9.12. The number of primary amides is 2. The van der Waals surface area contributed by atoms with E-state index in [0.29, 0.717) is 11.4 Å². The smallest absolute Gasteiger partial charge is 0.475 e. The molecule has 24 nitrogen and oxygen atoms in total. The minimum Gasteiger partial charge on any atom is -0.475 e. The Labute approximate surface area is 478 Å². The first-order valence-corrected chi connectivity index (χ1v) is 26.1. The van der Waals surface area contributed by atoms with Gasteiger partial charge in [-0.2, -0.15) is 13.2 Å². The maximum Gasteiger partial charge on any atom is 0.490 e. The number of nitrogens with one attached hydrogen (secondary N) is 4. The lowest BCUT2D eigenvalue weighted by Crippen LogP contribution is -2.55. The fourth-order valence-electron chi connectivity index (χ4n) is 8.63. The Morgan fingerprint density at radius 2 is 1.43 bits per heavy atom. The van der Waals surface area contributed by atoms with Crippen LogP contribution in [0.5, 0.6) is 0 Å². The molecule has 0 radical (unpaired) electrons. The Morgan fingerprint density at radius 1 is 0.798 bits per heavy atom. The van der Waals surface area contributed by atoms with Crippen LogP contribution in [0.25, 0.3) is 11.3 Å². The molecule has 0 aliphatic carbocycles. The van der Waals surface area contributed by atoms with Crippen LogP contribution in [0.4, 0.5) is 32.4 Å². The molecular weight excluding hydrogens is 1120 g/mol. The standard InChI is InChI=1S/C53H66F2N12O10.C2HF3O2/c1-32(51(76)67(41(48(57)74)11-8-22-61-52(58)77)36-15-12-33(13-16-36)27-43(70)59-24-26-65-44(71)18-19-45(65)72)62-42(69)20-23-60-50(75)39(56)21-25-66(46(73)31-68)47(53(2,3)4)49-63-40(37-28-35(54)14-17-38(37)55)30-64(49)29-34-9-6-5-7-10-34;3-2(4,5)1(6)7/h5-7,9-10,12-19,28,30,32,39,41,47,68H,8,11,20-27,29,31,56H2,1-4H3,(H2,57,74)(H,59,70)(H,60,75)(H,62,69)(H3,58,61,77);(H,6,7)/t32-,39-,41-,47-;/m0./s1. The number of aromatic nitrogens is 2. The van der Waals surface area contributed by atoms with Crippen molar-refractivity contribution in [2.45, 2.75) is 96.7 Å². The third-order valence-corrected chi connectivity index (χ3v) is 12.7. The van der Waals surface area contributed by atoms with Crippen LogP contribution in [0.3, 0.4) is 0 Å². The summed E-state index contributed by atoms with van der Waals surface area (Å²) in [7, 11) is 0. The quantitative estimate of drug-likeness (QED) is 0.0235. The van der Waals surface area contributed by atoms with Gasteiger partial charge in [0.25, 0.3) is 11.8 Å². The second kappa shape index (κ2) is 30.8. The predicted octanol–water partition coefficient (Wildman–Crippen LogP) is 2.07. The van der Waals surface area contributed by atoms with Crippen LogP contribution in [0.15, 0.2) is 91.1 Å². The lowest BCUT2D eigenvalue weighted by atomic mass is 9.84. The van der Waals surface area contributed by atoms with Crippen molar-refractivity contribution in [2.75, 3.05) is 44.2 Å². The highest BCUT2D eigenvalue weighted by atomic mass is 19.4. The number of amides is 10. The Bertz CT molecular complexity index is 3030. The molecule has 454 valence electrons. The van der Waals surface area contributed by atoms with Crippen molar-refractivity contribution in [2.24, 2.45) is 22.6 Å². The molecule has 4 aromatic rings. The van der Waals surface area contributed by atoms with Crippen molar-refractivity contribution < 1.29 is 80.1 Å². The first-order valence-electron chi connectivity index (χ1n) is 26.1. The van der Waals surface area contributed by atoms with E-state index in [1.807, 2.05) is 51.1 Å². The third kappa shape index (κ3) is 20.1. The maximum absolute atomic E-state index is 15.2. The molecule has 12 N–H and O–H groups in total. The molecule has 10 amide bonds. The van der Waals surface area contributed by atoms with Crippen LogP contribution in [-0.2, 0) is 56.1 Å². The zero-order valence-corrected chi connectivity index (χ0v) is 46.3. The topological polar surface area (TPSA) is 365 Å². The van der Waals surface area contributed by atoms with Crippen molar-refractivity contribution in [3.63, 3.8) is 0 Å². The molecule has 4 atom stereocenters. The van der Waals surface area contributed by atoms with Crippen LogP contribution in [0.1, 0.15) is 76.4 Å². The first kappa shape index (κ1) is 67.4. The minimum atomic E-state index is -5.08. The molecule has 0 bridgehead atoms. The van der Waals surface area contributed by atoms with E-state index < -0.39 is 113 Å². The second-order valence-corrected chi connectivity index (χ2v) is 20.2. The number of anilines is 1. The lowest BCUT2D eigenvalue weighted by Gasteiger charge is -2.40. The van der Waals surface area contributed by atoms with Gasteiger partial charge in [0.05, 0.1) is 24.2 Å². The van der Waals surface area contributed by atoms with Crippen molar-refractivity contribution >= 4 is 64.9 Å². The Morgan fingerprint density at radius 3 is 2.00 bits per heavy atom. The number of rotatable bonds is 27. The zero-order chi connectivity index (χ0) is 62.6. The van der Waals surface area contributed by atoms with Gasteiger partial charge in [-0.25, -0.2) is 23.4 Å². The molecule has 0 fully saturated rings. The number of carbonyl (C=O) groups excluding carboxylic acids is 9. The van der Waals surface area contributed by atoms with Gasteiger partial charge in [-0.15, -0.1) is 0 Å². The highest BCUT2D eigenvalue weighted by Crippen LogP contribution is 2.40. The number of imidazole rings is 1. The van der Waals surface area contributed by atoms with Crippen molar-refractivity contribution in [3.05, 3.63) is 120 Å². The summed E-state index contributed by atoms with van der Waals surface area (Å²) in [4.78, 5) is 132. The minimum absolute atomic E-state index is 0.0138. The summed E-state index contributed by atoms with van der Waals surface area (Å²) < 4.78 is 63.0. The molecule has 0 spiro atoms. The fraction of sp³-hybridized carbons (Fsp3) is 0.400. The van der Waals surface area contributed by atoms with Crippen LogP contribution in [0, 0.1) is 17.0 Å². The number of imide groups is 1. The summed E-state index contributed by atoms with van der Waals surface area (Å²) in [6.07, 6.45) is -1.68. The lowest BCUT2D eigenvalue weighted by molar-refractivity contribution is -0.192. The van der Waals surface area contributed by atoms with Gasteiger partial charge < -0.3 is 58.1 Å². The molecule has 29 heteroatoms. The molecule has 0 saturated heterocycles. The third-order valence-electron chi connectivity index (χ3n) is 12.7. The number of carbonyl (C=O) groups is 10. The number of aliphatic hydroxyl groups excluding tert-OH is 1. The maximum atomic E-state index is 15.2. The summed E-state index contributed by atoms with van der Waals surface area (Å²) in [6, 6.07) is 12.8. The average molecular weight is 1180 g/mol. The van der Waals surface area contributed by atoms with E-state index in [2.05, 4.69) is 21.3 Å². The van der Waals surface area contributed by atoms with Gasteiger partial charge in [0.2, 0.25) is 35.4 Å². The van der Waals surface area contributed by atoms with Gasteiger partial charge in [0.15, 0.2) is 0 Å². The molecule has 2 heterocycles. The van der Waals surface area contributed by atoms with Gasteiger partial charge in [-0.3, -0.25) is 48.2 Å². The van der Waals surface area contributed by atoms with E-state index in [0.717, 1.165) is 45.7 Å². The van der Waals surface area contributed by atoms with Gasteiger partial charge in [0, 0.05) is 75.3 Å². The molecule has 5 rings (SSSR count). The van der Waals surface area contributed by atoms with Crippen LogP contribution in [0.2, 0.25) is 0 Å². The van der Waals surface area contributed by atoms with Gasteiger partial charge in [0.1, 0.15) is 36.1 Å². The molecule has 84 heavy (non-hydrogen) atoms. The number of nitrogens with zero attached hydrogens (tertiary/aromatic N) is 5. The van der Waals surface area contributed by atoms with Crippen LogP contribution < -0.4 is 43.4 Å². The summed E-state index contributed by atoms with van der Waals surface area (Å²) in [5, 5.41) is 27.5. The van der Waals surface area contributed by atoms with E-state index in [-0.39, 0.29) is 88.3 Å². The van der Waals surface area contributed by atoms with Crippen molar-refractivity contribution in [3.8, 4) is 11.3 Å².